The largest absolute Gasteiger partial charge is 0.497 e. The Bertz CT molecular complexity index is 398. The predicted octanol–water partition coefficient (Wildman–Crippen LogP) is 1.89. The van der Waals surface area contributed by atoms with E-state index in [4.69, 9.17) is 9.47 Å². The van der Waals surface area contributed by atoms with E-state index in [-0.39, 0.29) is 5.78 Å². The molecule has 0 aliphatic carbocycles. The Hall–Kier alpha value is -1.51. The van der Waals surface area contributed by atoms with Gasteiger partial charge in [0.25, 0.3) is 0 Å². The number of rotatable bonds is 2. The van der Waals surface area contributed by atoms with Crippen molar-refractivity contribution < 1.29 is 14.3 Å². The van der Waals surface area contributed by atoms with Crippen LogP contribution in [-0.2, 0) is 10.4 Å². The molecule has 0 saturated heterocycles. The number of carbonyl (C=O) groups is 1. The Labute approximate surface area is 82.6 Å². The molecule has 1 aliphatic rings. The van der Waals surface area contributed by atoms with Crippen molar-refractivity contribution in [2.45, 2.75) is 19.4 Å². The Morgan fingerprint density at radius 1 is 1.50 bits per heavy atom. The first-order valence-electron chi connectivity index (χ1n) is 4.46. The molecule has 3 nitrogen and oxygen atoms in total. The van der Waals surface area contributed by atoms with Gasteiger partial charge in [0.05, 0.1) is 7.11 Å². The molecule has 1 aromatic carbocycles. The lowest BCUT2D eigenvalue weighted by molar-refractivity contribution is -0.135. The van der Waals surface area contributed by atoms with Gasteiger partial charge in [0.2, 0.25) is 0 Å². The molecular formula is C11H12O3. The normalized spacial score (nSPS) is 23.1. The molecule has 14 heavy (non-hydrogen) atoms. The molecule has 0 fully saturated rings. The highest BCUT2D eigenvalue weighted by molar-refractivity contribution is 5.89. The van der Waals surface area contributed by atoms with Crippen LogP contribution in [0, 0.1) is 0 Å². The van der Waals surface area contributed by atoms with Crippen LogP contribution in [0.1, 0.15) is 19.4 Å². The predicted molar refractivity (Wildman–Crippen MR) is 51.7 cm³/mol. The van der Waals surface area contributed by atoms with Crippen molar-refractivity contribution in [1.82, 2.24) is 0 Å². The topological polar surface area (TPSA) is 35.5 Å². The van der Waals surface area contributed by atoms with Gasteiger partial charge in [0.1, 0.15) is 11.5 Å². The molecule has 1 heterocycles. The van der Waals surface area contributed by atoms with E-state index in [2.05, 4.69) is 0 Å². The van der Waals surface area contributed by atoms with Crippen LogP contribution in [0.5, 0.6) is 11.5 Å². The zero-order chi connectivity index (χ0) is 10.3. The van der Waals surface area contributed by atoms with E-state index >= 15 is 0 Å². The van der Waals surface area contributed by atoms with E-state index in [0.717, 1.165) is 17.1 Å². The van der Waals surface area contributed by atoms with Crippen LogP contribution in [0.2, 0.25) is 0 Å². The van der Waals surface area contributed by atoms with Crippen LogP contribution >= 0.6 is 0 Å². The summed E-state index contributed by atoms with van der Waals surface area (Å²) >= 11 is 0. The van der Waals surface area contributed by atoms with Gasteiger partial charge in [-0.25, -0.2) is 0 Å². The molecule has 1 atom stereocenters. The fraction of sp³-hybridized carbons (Fsp3) is 0.364. The van der Waals surface area contributed by atoms with Gasteiger partial charge in [-0.3, -0.25) is 4.79 Å². The van der Waals surface area contributed by atoms with Crippen molar-refractivity contribution in [3.05, 3.63) is 23.8 Å². The van der Waals surface area contributed by atoms with Crippen molar-refractivity contribution in [2.24, 2.45) is 0 Å². The Balaban J connectivity index is 2.45. The van der Waals surface area contributed by atoms with E-state index in [0.29, 0.717) is 0 Å². The summed E-state index contributed by atoms with van der Waals surface area (Å²) in [4.78, 5) is 11.3. The molecule has 0 N–H and O–H groups in total. The van der Waals surface area contributed by atoms with Crippen LogP contribution in [-0.4, -0.2) is 12.9 Å². The highest BCUT2D eigenvalue weighted by atomic mass is 16.5. The lowest BCUT2D eigenvalue weighted by atomic mass is 9.86. The third kappa shape index (κ3) is 1.02. The fourth-order valence-electron chi connectivity index (χ4n) is 1.59. The first-order chi connectivity index (χ1) is 6.58. The summed E-state index contributed by atoms with van der Waals surface area (Å²) in [6.07, 6.45) is 0. The van der Waals surface area contributed by atoms with Crippen molar-refractivity contribution in [1.29, 1.82) is 0 Å². The van der Waals surface area contributed by atoms with Gasteiger partial charge in [-0.2, -0.15) is 0 Å². The summed E-state index contributed by atoms with van der Waals surface area (Å²) in [5.74, 6) is 1.53. The first kappa shape index (κ1) is 9.06. The lowest BCUT2D eigenvalue weighted by Crippen LogP contribution is -2.44. The summed E-state index contributed by atoms with van der Waals surface area (Å²) in [5, 5.41) is 0. The van der Waals surface area contributed by atoms with E-state index in [1.807, 2.05) is 18.2 Å². The third-order valence-corrected chi connectivity index (χ3v) is 2.69. The number of methoxy groups -OCH3 is 1. The Kier molecular flexibility index (Phi) is 1.77. The van der Waals surface area contributed by atoms with Crippen LogP contribution in [0.25, 0.3) is 0 Å². The van der Waals surface area contributed by atoms with E-state index < -0.39 is 5.60 Å². The fourth-order valence-corrected chi connectivity index (χ4v) is 1.59. The molecule has 74 valence electrons. The second kappa shape index (κ2) is 2.74. The van der Waals surface area contributed by atoms with Crippen molar-refractivity contribution in [3.63, 3.8) is 0 Å². The molecule has 0 spiro atoms. The average molecular weight is 192 g/mol. The van der Waals surface area contributed by atoms with Gasteiger partial charge in [-0.1, -0.05) is 0 Å². The highest BCUT2D eigenvalue weighted by Crippen LogP contribution is 2.45. The van der Waals surface area contributed by atoms with Gasteiger partial charge in [-0.05, 0) is 32.0 Å². The molecule has 1 unspecified atom stereocenters. The molecular weight excluding hydrogens is 180 g/mol. The van der Waals surface area contributed by atoms with Gasteiger partial charge in [-0.15, -0.1) is 0 Å². The molecule has 1 aliphatic heterocycles. The molecule has 2 rings (SSSR count). The Morgan fingerprint density at radius 3 is 2.79 bits per heavy atom. The Morgan fingerprint density at radius 2 is 2.21 bits per heavy atom. The monoisotopic (exact) mass is 192 g/mol. The quantitative estimate of drug-likeness (QED) is 0.717. The van der Waals surface area contributed by atoms with Crippen LogP contribution in [0.15, 0.2) is 18.2 Å². The standard InChI is InChI=1S/C11H12O3/c1-7(12)11(2)9-6-8(13-3)4-5-10(9)14-11/h4-6H,1-3H3. The highest BCUT2D eigenvalue weighted by Gasteiger charge is 2.45. The number of carbonyl (C=O) groups excluding carboxylic acids is 1. The molecule has 0 amide bonds. The summed E-state index contributed by atoms with van der Waals surface area (Å²) in [5.41, 5.74) is 0.133. The number of fused-ring (bicyclic) bond motifs is 1. The van der Waals surface area contributed by atoms with Gasteiger partial charge in [0, 0.05) is 5.56 Å². The minimum atomic E-state index is -0.774. The number of hydrogen-bond donors (Lipinski definition) is 0. The number of ether oxygens (including phenoxy) is 2. The lowest BCUT2D eigenvalue weighted by Gasteiger charge is -2.39. The molecule has 3 heteroatoms. The molecule has 0 radical (unpaired) electrons. The van der Waals surface area contributed by atoms with Gasteiger partial charge < -0.3 is 9.47 Å². The van der Waals surface area contributed by atoms with Crippen LogP contribution in [0.4, 0.5) is 0 Å². The summed E-state index contributed by atoms with van der Waals surface area (Å²) in [6.45, 7) is 3.31. The number of Topliss-reactive ketones (excluding diaryl/α,β-unsaturated/α-hetero) is 1. The van der Waals surface area contributed by atoms with Crippen molar-refractivity contribution in [3.8, 4) is 11.5 Å². The van der Waals surface area contributed by atoms with Crippen LogP contribution in [0.3, 0.4) is 0 Å². The summed E-state index contributed by atoms with van der Waals surface area (Å²) in [7, 11) is 1.60. The summed E-state index contributed by atoms with van der Waals surface area (Å²) in [6, 6.07) is 5.48. The third-order valence-electron chi connectivity index (χ3n) is 2.69. The van der Waals surface area contributed by atoms with E-state index in [9.17, 15) is 4.79 Å². The average Bonchev–Trinajstić information content (AvgIpc) is 2.16. The first-order valence-corrected chi connectivity index (χ1v) is 4.46. The van der Waals surface area contributed by atoms with Gasteiger partial charge in [0.15, 0.2) is 11.4 Å². The number of ketones is 1. The van der Waals surface area contributed by atoms with Crippen molar-refractivity contribution in [2.75, 3.05) is 7.11 Å². The minimum Gasteiger partial charge on any atom is -0.497 e. The smallest absolute Gasteiger partial charge is 0.192 e. The molecule has 0 aromatic heterocycles. The maximum Gasteiger partial charge on any atom is 0.192 e. The zero-order valence-corrected chi connectivity index (χ0v) is 8.46. The molecule has 0 saturated carbocycles. The number of benzene rings is 1. The van der Waals surface area contributed by atoms with Crippen molar-refractivity contribution >= 4 is 5.78 Å². The van der Waals surface area contributed by atoms with E-state index in [1.54, 1.807) is 14.0 Å². The van der Waals surface area contributed by atoms with E-state index in [1.165, 1.54) is 6.92 Å². The SMILES string of the molecule is COc1ccc2c(c1)C(C)(C(C)=O)O2. The summed E-state index contributed by atoms with van der Waals surface area (Å²) < 4.78 is 10.5. The zero-order valence-electron chi connectivity index (χ0n) is 8.46. The molecule has 1 aromatic rings. The second-order valence-electron chi connectivity index (χ2n) is 3.55. The van der Waals surface area contributed by atoms with Gasteiger partial charge >= 0.3 is 0 Å². The van der Waals surface area contributed by atoms with Crippen LogP contribution < -0.4 is 9.47 Å². The number of hydrogen-bond acceptors (Lipinski definition) is 3. The maximum absolute atomic E-state index is 11.3. The second-order valence-corrected chi connectivity index (χ2v) is 3.55. The maximum atomic E-state index is 11.3. The molecule has 0 bridgehead atoms. The minimum absolute atomic E-state index is 0.0123.